The Kier molecular flexibility index (Phi) is 4.53. The normalized spacial score (nSPS) is 18.9. The van der Waals surface area contributed by atoms with Crippen molar-refractivity contribution in [2.45, 2.75) is 31.6 Å². The fraction of sp³-hybridized carbons (Fsp3) is 0.500. The van der Waals surface area contributed by atoms with E-state index in [0.717, 1.165) is 11.1 Å². The van der Waals surface area contributed by atoms with Gasteiger partial charge in [-0.1, -0.05) is 17.3 Å². The van der Waals surface area contributed by atoms with Gasteiger partial charge in [-0.25, -0.2) is 8.42 Å². The lowest BCUT2D eigenvalue weighted by Crippen LogP contribution is -2.41. The molecular weight excluding hydrogens is 290 g/mol. The molecule has 3 N–H and O–H groups in total. The predicted octanol–water partition coefficient (Wildman–Crippen LogP) is 1.45. The maximum atomic E-state index is 12.7. The molecular formula is C14H21N3O3S. The molecule has 1 saturated heterocycles. The molecule has 0 aliphatic carbocycles. The third kappa shape index (κ3) is 3.19. The Hall–Kier alpha value is -1.60. The van der Waals surface area contributed by atoms with Crippen molar-refractivity contribution >= 4 is 15.9 Å². The van der Waals surface area contributed by atoms with Gasteiger partial charge < -0.3 is 10.9 Å². The van der Waals surface area contributed by atoms with Gasteiger partial charge in [0, 0.05) is 19.0 Å². The molecule has 0 amide bonds. The van der Waals surface area contributed by atoms with Crippen LogP contribution >= 0.6 is 0 Å². The van der Waals surface area contributed by atoms with Crippen LogP contribution in [0.15, 0.2) is 28.3 Å². The molecule has 0 bridgehead atoms. The van der Waals surface area contributed by atoms with E-state index in [-0.39, 0.29) is 11.8 Å². The van der Waals surface area contributed by atoms with Gasteiger partial charge in [0.2, 0.25) is 10.0 Å². The van der Waals surface area contributed by atoms with Crippen LogP contribution in [-0.4, -0.2) is 36.9 Å². The van der Waals surface area contributed by atoms with E-state index in [4.69, 9.17) is 10.9 Å². The molecule has 7 heteroatoms. The Morgan fingerprint density at radius 3 is 2.52 bits per heavy atom. The van der Waals surface area contributed by atoms with E-state index < -0.39 is 10.0 Å². The molecule has 0 spiro atoms. The molecule has 0 radical (unpaired) electrons. The molecule has 1 aromatic rings. The minimum absolute atomic E-state index is 0.0555. The quantitative estimate of drug-likeness (QED) is 0.382. The van der Waals surface area contributed by atoms with E-state index >= 15 is 0 Å². The topological polar surface area (TPSA) is 96.0 Å². The molecule has 1 aliphatic rings. The molecule has 2 rings (SSSR count). The van der Waals surface area contributed by atoms with Crippen molar-refractivity contribution < 1.29 is 13.6 Å². The summed E-state index contributed by atoms with van der Waals surface area (Å²) in [5.74, 6) is 0.124. The van der Waals surface area contributed by atoms with Crippen LogP contribution in [0.1, 0.15) is 24.0 Å². The van der Waals surface area contributed by atoms with Crippen LogP contribution in [0.5, 0.6) is 0 Å². The van der Waals surface area contributed by atoms with Crippen molar-refractivity contribution in [2.24, 2.45) is 16.8 Å². The molecule has 1 aromatic carbocycles. The summed E-state index contributed by atoms with van der Waals surface area (Å²) in [4.78, 5) is 0.366. The number of hydrogen-bond acceptors (Lipinski definition) is 4. The monoisotopic (exact) mass is 311 g/mol. The minimum Gasteiger partial charge on any atom is -0.409 e. The second kappa shape index (κ2) is 6.03. The summed E-state index contributed by atoms with van der Waals surface area (Å²) in [5, 5.41) is 11.7. The van der Waals surface area contributed by atoms with Gasteiger partial charge in [0.1, 0.15) is 5.84 Å². The van der Waals surface area contributed by atoms with E-state index in [1.807, 2.05) is 19.1 Å². The van der Waals surface area contributed by atoms with Crippen LogP contribution in [-0.2, 0) is 10.0 Å². The number of rotatable bonds is 3. The average molecular weight is 311 g/mol. The summed E-state index contributed by atoms with van der Waals surface area (Å²) in [6.07, 6.45) is 1.14. The van der Waals surface area contributed by atoms with Crippen LogP contribution in [0.2, 0.25) is 0 Å². The standard InChI is InChI=1S/C14H21N3O3S/c1-10-3-4-11(2)13(9-10)21(19,20)17-7-5-12(6-8-17)14(15)16-18/h3-4,9,12,18H,5-8H2,1-2H3,(H2,15,16). The minimum atomic E-state index is -3.48. The van der Waals surface area contributed by atoms with Gasteiger partial charge in [0.05, 0.1) is 4.90 Å². The zero-order chi connectivity index (χ0) is 15.6. The van der Waals surface area contributed by atoms with E-state index in [1.165, 1.54) is 4.31 Å². The van der Waals surface area contributed by atoms with Crippen LogP contribution in [0.25, 0.3) is 0 Å². The smallest absolute Gasteiger partial charge is 0.243 e. The van der Waals surface area contributed by atoms with Gasteiger partial charge in [0.15, 0.2) is 0 Å². The molecule has 116 valence electrons. The number of nitrogens with zero attached hydrogens (tertiary/aromatic N) is 2. The zero-order valence-corrected chi connectivity index (χ0v) is 13.1. The van der Waals surface area contributed by atoms with E-state index in [9.17, 15) is 8.42 Å². The maximum absolute atomic E-state index is 12.7. The van der Waals surface area contributed by atoms with Gasteiger partial charge in [-0.2, -0.15) is 4.31 Å². The first kappa shape index (κ1) is 15.8. The highest BCUT2D eigenvalue weighted by Gasteiger charge is 2.31. The number of benzene rings is 1. The SMILES string of the molecule is Cc1ccc(C)c(S(=O)(=O)N2CCC(C(N)=NO)CC2)c1. The van der Waals surface area contributed by atoms with Gasteiger partial charge in [-0.05, 0) is 43.9 Å². The first-order valence-corrected chi connectivity index (χ1v) is 8.35. The highest BCUT2D eigenvalue weighted by molar-refractivity contribution is 7.89. The molecule has 6 nitrogen and oxygen atoms in total. The number of sulfonamides is 1. The Morgan fingerprint density at radius 1 is 1.33 bits per heavy atom. The van der Waals surface area contributed by atoms with Gasteiger partial charge in [0.25, 0.3) is 0 Å². The fourth-order valence-electron chi connectivity index (χ4n) is 2.60. The molecule has 0 atom stereocenters. The fourth-order valence-corrected chi connectivity index (χ4v) is 4.38. The molecule has 1 fully saturated rings. The van der Waals surface area contributed by atoms with Crippen molar-refractivity contribution in [2.75, 3.05) is 13.1 Å². The maximum Gasteiger partial charge on any atom is 0.243 e. The molecule has 1 aliphatic heterocycles. The average Bonchev–Trinajstić information content (AvgIpc) is 2.49. The Labute approximate surface area is 125 Å². The van der Waals surface area contributed by atoms with Crippen LogP contribution < -0.4 is 5.73 Å². The third-order valence-corrected chi connectivity index (χ3v) is 5.99. The molecule has 1 heterocycles. The lowest BCUT2D eigenvalue weighted by Gasteiger charge is -2.31. The Morgan fingerprint density at radius 2 is 1.95 bits per heavy atom. The summed E-state index contributed by atoms with van der Waals surface area (Å²) in [5.41, 5.74) is 7.26. The number of nitrogens with two attached hydrogens (primary N) is 1. The number of piperidine rings is 1. The third-order valence-electron chi connectivity index (χ3n) is 3.95. The number of oxime groups is 1. The summed E-state index contributed by atoms with van der Waals surface area (Å²) in [7, 11) is -3.48. The largest absolute Gasteiger partial charge is 0.409 e. The van der Waals surface area contributed by atoms with Crippen LogP contribution in [0.3, 0.4) is 0 Å². The van der Waals surface area contributed by atoms with Gasteiger partial charge >= 0.3 is 0 Å². The van der Waals surface area contributed by atoms with E-state index in [1.54, 1.807) is 13.0 Å². The second-order valence-corrected chi connectivity index (χ2v) is 7.38. The summed E-state index contributed by atoms with van der Waals surface area (Å²) in [6.45, 7) is 4.45. The van der Waals surface area contributed by atoms with Crippen molar-refractivity contribution in [3.05, 3.63) is 29.3 Å². The highest BCUT2D eigenvalue weighted by atomic mass is 32.2. The number of aryl methyl sites for hydroxylation is 2. The summed E-state index contributed by atoms with van der Waals surface area (Å²) in [6, 6.07) is 5.44. The first-order valence-electron chi connectivity index (χ1n) is 6.91. The molecule has 21 heavy (non-hydrogen) atoms. The second-order valence-electron chi connectivity index (χ2n) is 5.47. The lowest BCUT2D eigenvalue weighted by atomic mass is 9.97. The zero-order valence-electron chi connectivity index (χ0n) is 12.3. The first-order chi connectivity index (χ1) is 9.86. The Balaban J connectivity index is 2.21. The van der Waals surface area contributed by atoms with E-state index in [0.29, 0.717) is 30.8 Å². The molecule has 0 unspecified atom stereocenters. The van der Waals surface area contributed by atoms with Gasteiger partial charge in [-0.15, -0.1) is 0 Å². The Bertz CT molecular complexity index is 647. The van der Waals surface area contributed by atoms with E-state index in [2.05, 4.69) is 5.16 Å². The molecule has 0 saturated carbocycles. The highest BCUT2D eigenvalue weighted by Crippen LogP contribution is 2.26. The predicted molar refractivity (Wildman–Crippen MR) is 80.8 cm³/mol. The van der Waals surface area contributed by atoms with Crippen LogP contribution in [0, 0.1) is 19.8 Å². The number of hydrogen-bond donors (Lipinski definition) is 2. The van der Waals surface area contributed by atoms with Crippen molar-refractivity contribution in [1.82, 2.24) is 4.31 Å². The van der Waals surface area contributed by atoms with Gasteiger partial charge in [-0.3, -0.25) is 0 Å². The van der Waals surface area contributed by atoms with Crippen LogP contribution in [0.4, 0.5) is 0 Å². The molecule has 0 aromatic heterocycles. The summed E-state index contributed by atoms with van der Waals surface area (Å²) >= 11 is 0. The van der Waals surface area contributed by atoms with Crippen molar-refractivity contribution in [1.29, 1.82) is 0 Å². The summed E-state index contributed by atoms with van der Waals surface area (Å²) < 4.78 is 26.9. The van der Waals surface area contributed by atoms with Crippen molar-refractivity contribution in [3.63, 3.8) is 0 Å². The number of amidine groups is 1. The lowest BCUT2D eigenvalue weighted by molar-refractivity contribution is 0.291. The van der Waals surface area contributed by atoms with Crippen molar-refractivity contribution in [3.8, 4) is 0 Å².